The van der Waals surface area contributed by atoms with Gasteiger partial charge >= 0.3 is 0 Å². The maximum atomic E-state index is 5.98. The SMILES string of the molecule is CCc1c(N)ncnc1N(CC1CC1)CC1CC1. The molecule has 0 atom stereocenters. The number of nitrogens with zero attached hydrogens (tertiary/aromatic N) is 3. The van der Waals surface area contributed by atoms with Crippen molar-refractivity contribution >= 4 is 11.6 Å². The maximum Gasteiger partial charge on any atom is 0.137 e. The number of hydrogen-bond donors (Lipinski definition) is 1. The van der Waals surface area contributed by atoms with Crippen molar-refractivity contribution < 1.29 is 0 Å². The molecule has 1 heterocycles. The molecule has 0 bridgehead atoms. The van der Waals surface area contributed by atoms with Crippen LogP contribution in [-0.4, -0.2) is 23.1 Å². The highest BCUT2D eigenvalue weighted by atomic mass is 15.2. The van der Waals surface area contributed by atoms with Crippen molar-refractivity contribution in [2.24, 2.45) is 11.8 Å². The van der Waals surface area contributed by atoms with E-state index in [9.17, 15) is 0 Å². The summed E-state index contributed by atoms with van der Waals surface area (Å²) in [7, 11) is 0. The molecule has 4 nitrogen and oxygen atoms in total. The minimum atomic E-state index is 0.652. The van der Waals surface area contributed by atoms with E-state index in [0.717, 1.165) is 42.7 Å². The van der Waals surface area contributed by atoms with E-state index in [1.807, 2.05) is 0 Å². The second kappa shape index (κ2) is 4.75. The van der Waals surface area contributed by atoms with Crippen molar-refractivity contribution in [3.63, 3.8) is 0 Å². The van der Waals surface area contributed by atoms with Crippen LogP contribution in [0.15, 0.2) is 6.33 Å². The summed E-state index contributed by atoms with van der Waals surface area (Å²) in [6.45, 7) is 4.44. The first-order valence-corrected chi connectivity index (χ1v) is 7.12. The smallest absolute Gasteiger partial charge is 0.137 e. The molecule has 1 aromatic rings. The van der Waals surface area contributed by atoms with Crippen LogP contribution in [0, 0.1) is 11.8 Å². The van der Waals surface area contributed by atoms with Gasteiger partial charge in [-0.1, -0.05) is 6.92 Å². The molecule has 0 spiro atoms. The van der Waals surface area contributed by atoms with E-state index in [-0.39, 0.29) is 0 Å². The highest BCUT2D eigenvalue weighted by Crippen LogP contribution is 2.36. The Morgan fingerprint density at radius 2 is 1.78 bits per heavy atom. The minimum Gasteiger partial charge on any atom is -0.383 e. The second-order valence-corrected chi connectivity index (χ2v) is 5.71. The summed E-state index contributed by atoms with van der Waals surface area (Å²) in [5.74, 6) is 3.50. The number of aromatic nitrogens is 2. The van der Waals surface area contributed by atoms with E-state index in [1.54, 1.807) is 6.33 Å². The fraction of sp³-hybridized carbons (Fsp3) is 0.714. The van der Waals surface area contributed by atoms with Crippen molar-refractivity contribution in [2.45, 2.75) is 39.0 Å². The predicted molar refractivity (Wildman–Crippen MR) is 73.5 cm³/mol. The Morgan fingerprint density at radius 3 is 2.28 bits per heavy atom. The lowest BCUT2D eigenvalue weighted by Crippen LogP contribution is -2.30. The fourth-order valence-corrected chi connectivity index (χ4v) is 2.50. The van der Waals surface area contributed by atoms with E-state index in [2.05, 4.69) is 21.8 Å². The molecular formula is C14H22N4. The standard InChI is InChI=1S/C14H22N4/c1-2-12-13(15)16-9-17-14(12)18(7-10-3-4-10)8-11-5-6-11/h9-11H,2-8H2,1H3,(H2,15,16,17). The Hall–Kier alpha value is -1.32. The molecule has 2 aliphatic rings. The molecule has 0 amide bonds. The van der Waals surface area contributed by atoms with Crippen LogP contribution in [0.2, 0.25) is 0 Å². The van der Waals surface area contributed by atoms with Crippen LogP contribution in [0.3, 0.4) is 0 Å². The van der Waals surface area contributed by atoms with Crippen LogP contribution in [0.1, 0.15) is 38.2 Å². The second-order valence-electron chi connectivity index (χ2n) is 5.71. The predicted octanol–water partition coefficient (Wildman–Crippen LogP) is 2.25. The third-order valence-electron chi connectivity index (χ3n) is 3.96. The fourth-order valence-electron chi connectivity index (χ4n) is 2.50. The Labute approximate surface area is 109 Å². The lowest BCUT2D eigenvalue weighted by molar-refractivity contribution is 0.667. The van der Waals surface area contributed by atoms with Gasteiger partial charge in [0.1, 0.15) is 18.0 Å². The first-order chi connectivity index (χ1) is 8.78. The molecule has 18 heavy (non-hydrogen) atoms. The summed E-state index contributed by atoms with van der Waals surface area (Å²) in [6, 6.07) is 0. The summed E-state index contributed by atoms with van der Waals surface area (Å²) in [4.78, 5) is 11.1. The summed E-state index contributed by atoms with van der Waals surface area (Å²) in [5.41, 5.74) is 7.11. The Morgan fingerprint density at radius 1 is 1.17 bits per heavy atom. The first kappa shape index (κ1) is 11.8. The summed E-state index contributed by atoms with van der Waals surface area (Å²) in [5, 5.41) is 0. The molecule has 2 saturated carbocycles. The molecule has 2 N–H and O–H groups in total. The first-order valence-electron chi connectivity index (χ1n) is 7.12. The van der Waals surface area contributed by atoms with Crippen LogP contribution >= 0.6 is 0 Å². The normalized spacial score (nSPS) is 18.9. The van der Waals surface area contributed by atoms with Crippen molar-refractivity contribution in [1.82, 2.24) is 9.97 Å². The van der Waals surface area contributed by atoms with Gasteiger partial charge in [-0.25, -0.2) is 9.97 Å². The van der Waals surface area contributed by atoms with E-state index in [1.165, 1.54) is 25.7 Å². The molecule has 0 aliphatic heterocycles. The molecule has 0 saturated heterocycles. The molecule has 3 rings (SSSR count). The topological polar surface area (TPSA) is 55.0 Å². The van der Waals surface area contributed by atoms with Crippen LogP contribution in [0.25, 0.3) is 0 Å². The number of anilines is 2. The molecular weight excluding hydrogens is 224 g/mol. The van der Waals surface area contributed by atoms with Crippen LogP contribution in [0.4, 0.5) is 11.6 Å². The Balaban J connectivity index is 1.84. The number of nitrogens with two attached hydrogens (primary N) is 1. The summed E-state index contributed by atoms with van der Waals surface area (Å²) >= 11 is 0. The van der Waals surface area contributed by atoms with Gasteiger partial charge in [0.25, 0.3) is 0 Å². The molecule has 4 heteroatoms. The molecule has 2 aliphatic carbocycles. The van der Waals surface area contributed by atoms with Gasteiger partial charge in [0.15, 0.2) is 0 Å². The van der Waals surface area contributed by atoms with Gasteiger partial charge in [0, 0.05) is 18.7 Å². The summed E-state index contributed by atoms with van der Waals surface area (Å²) in [6.07, 6.45) is 8.03. The van der Waals surface area contributed by atoms with Crippen LogP contribution in [-0.2, 0) is 6.42 Å². The minimum absolute atomic E-state index is 0.652. The zero-order valence-corrected chi connectivity index (χ0v) is 11.1. The summed E-state index contributed by atoms with van der Waals surface area (Å²) < 4.78 is 0. The van der Waals surface area contributed by atoms with Gasteiger partial charge in [-0.2, -0.15) is 0 Å². The largest absolute Gasteiger partial charge is 0.383 e. The van der Waals surface area contributed by atoms with Gasteiger partial charge in [0.05, 0.1) is 0 Å². The van der Waals surface area contributed by atoms with Gasteiger partial charge in [0.2, 0.25) is 0 Å². The third-order valence-corrected chi connectivity index (χ3v) is 3.96. The lowest BCUT2D eigenvalue weighted by atomic mass is 10.2. The average molecular weight is 246 g/mol. The number of rotatable bonds is 6. The zero-order valence-electron chi connectivity index (χ0n) is 11.1. The molecule has 0 unspecified atom stereocenters. The van der Waals surface area contributed by atoms with Crippen molar-refractivity contribution in [2.75, 3.05) is 23.7 Å². The average Bonchev–Trinajstić information content (AvgIpc) is 3.22. The molecule has 2 fully saturated rings. The van der Waals surface area contributed by atoms with Gasteiger partial charge < -0.3 is 10.6 Å². The highest BCUT2D eigenvalue weighted by molar-refractivity contribution is 5.56. The van der Waals surface area contributed by atoms with Gasteiger partial charge in [-0.15, -0.1) is 0 Å². The van der Waals surface area contributed by atoms with Crippen molar-refractivity contribution in [3.8, 4) is 0 Å². The van der Waals surface area contributed by atoms with E-state index in [4.69, 9.17) is 5.73 Å². The van der Waals surface area contributed by atoms with Crippen LogP contribution < -0.4 is 10.6 Å². The van der Waals surface area contributed by atoms with Crippen molar-refractivity contribution in [1.29, 1.82) is 0 Å². The third kappa shape index (κ3) is 2.57. The molecule has 0 radical (unpaired) electrons. The molecule has 1 aromatic heterocycles. The van der Waals surface area contributed by atoms with Gasteiger partial charge in [-0.3, -0.25) is 0 Å². The van der Waals surface area contributed by atoms with Crippen molar-refractivity contribution in [3.05, 3.63) is 11.9 Å². The Bertz CT molecular complexity index is 410. The molecule has 0 aromatic carbocycles. The van der Waals surface area contributed by atoms with Crippen LogP contribution in [0.5, 0.6) is 0 Å². The lowest BCUT2D eigenvalue weighted by Gasteiger charge is -2.26. The highest BCUT2D eigenvalue weighted by Gasteiger charge is 2.30. The number of hydrogen-bond acceptors (Lipinski definition) is 4. The Kier molecular flexibility index (Phi) is 3.10. The van der Waals surface area contributed by atoms with E-state index >= 15 is 0 Å². The zero-order chi connectivity index (χ0) is 12.5. The monoisotopic (exact) mass is 246 g/mol. The van der Waals surface area contributed by atoms with E-state index < -0.39 is 0 Å². The van der Waals surface area contributed by atoms with Gasteiger partial charge in [-0.05, 0) is 43.9 Å². The van der Waals surface area contributed by atoms with E-state index in [0.29, 0.717) is 5.82 Å². The molecule has 98 valence electrons. The maximum absolute atomic E-state index is 5.98. The number of nitrogen functional groups attached to an aromatic ring is 1. The quantitative estimate of drug-likeness (QED) is 0.836.